The Balaban J connectivity index is 2.35. The zero-order valence-corrected chi connectivity index (χ0v) is 14.6. The van der Waals surface area contributed by atoms with Crippen LogP contribution in [-0.2, 0) is 0 Å². The topological polar surface area (TPSA) is 67.8 Å². The molecule has 1 rings (SSSR count). The van der Waals surface area contributed by atoms with Gasteiger partial charge in [-0.2, -0.15) is 0 Å². The largest absolute Gasteiger partial charge is 0.379 e. The zero-order chi connectivity index (χ0) is 16.3. The number of aliphatic hydroxyl groups excluding tert-OH is 2. The molecule has 1 aliphatic heterocycles. The molecule has 0 saturated carbocycles. The molecule has 2 atom stereocenters. The summed E-state index contributed by atoms with van der Waals surface area (Å²) in [6, 6.07) is 0.516. The van der Waals surface area contributed by atoms with E-state index in [1.54, 1.807) is 18.7 Å². The quantitative estimate of drug-likeness (QED) is 0.421. The molecule has 5 heteroatoms. The Labute approximate surface area is 130 Å². The first-order valence-corrected chi connectivity index (χ1v) is 8.17. The third kappa shape index (κ3) is 6.61. The van der Waals surface area contributed by atoms with Crippen molar-refractivity contribution in [2.45, 2.75) is 90.4 Å². The van der Waals surface area contributed by atoms with E-state index in [4.69, 9.17) is 0 Å². The number of nitrogens with zero attached hydrogens (tertiary/aromatic N) is 1. The summed E-state index contributed by atoms with van der Waals surface area (Å²) in [6.07, 6.45) is 1.93. The summed E-state index contributed by atoms with van der Waals surface area (Å²) in [5, 5.41) is 26.5. The van der Waals surface area contributed by atoms with Gasteiger partial charge in [0.05, 0.1) is 0 Å². The van der Waals surface area contributed by atoms with Crippen molar-refractivity contribution in [3.63, 3.8) is 0 Å². The summed E-state index contributed by atoms with van der Waals surface area (Å²) in [4.78, 5) is 1.69. The SMILES string of the molecule is CC(O)N(CCCNC1CC(C)(C)NC(C)(C)C1)C(C)O. The van der Waals surface area contributed by atoms with E-state index in [1.807, 2.05) is 0 Å². The van der Waals surface area contributed by atoms with E-state index >= 15 is 0 Å². The Morgan fingerprint density at radius 3 is 2.00 bits per heavy atom. The Morgan fingerprint density at radius 2 is 1.57 bits per heavy atom. The number of hydrogen-bond acceptors (Lipinski definition) is 5. The van der Waals surface area contributed by atoms with Crippen molar-refractivity contribution in [1.82, 2.24) is 15.5 Å². The van der Waals surface area contributed by atoms with Gasteiger partial charge < -0.3 is 20.8 Å². The predicted molar refractivity (Wildman–Crippen MR) is 87.0 cm³/mol. The standard InChI is InChI=1S/C16H35N3O2/c1-12(20)19(13(2)21)9-7-8-17-14-10-15(3,4)18-16(5,6)11-14/h12-14,17-18,20-21H,7-11H2,1-6H3. The minimum Gasteiger partial charge on any atom is -0.379 e. The third-order valence-electron chi connectivity index (χ3n) is 4.18. The van der Waals surface area contributed by atoms with Crippen LogP contribution in [0.5, 0.6) is 0 Å². The lowest BCUT2D eigenvalue weighted by atomic mass is 9.79. The second-order valence-electron chi connectivity index (χ2n) is 7.81. The molecule has 0 spiro atoms. The molecular formula is C16H35N3O2. The van der Waals surface area contributed by atoms with Gasteiger partial charge in [-0.05, 0) is 67.3 Å². The van der Waals surface area contributed by atoms with Crippen LogP contribution in [0.2, 0.25) is 0 Å². The highest BCUT2D eigenvalue weighted by molar-refractivity contribution is 4.99. The summed E-state index contributed by atoms with van der Waals surface area (Å²) < 4.78 is 0. The number of aliphatic hydroxyl groups is 2. The number of piperidine rings is 1. The van der Waals surface area contributed by atoms with Crippen molar-refractivity contribution >= 4 is 0 Å². The summed E-state index contributed by atoms with van der Waals surface area (Å²) in [5.41, 5.74) is 0.315. The maximum atomic E-state index is 9.61. The maximum absolute atomic E-state index is 9.61. The summed E-state index contributed by atoms with van der Waals surface area (Å²) >= 11 is 0. The Morgan fingerprint density at radius 1 is 1.10 bits per heavy atom. The molecule has 1 heterocycles. The van der Waals surface area contributed by atoms with Gasteiger partial charge in [-0.3, -0.25) is 4.90 Å². The highest BCUT2D eigenvalue weighted by Crippen LogP contribution is 2.28. The fourth-order valence-electron chi connectivity index (χ4n) is 3.72. The molecule has 21 heavy (non-hydrogen) atoms. The monoisotopic (exact) mass is 301 g/mol. The molecule has 0 radical (unpaired) electrons. The maximum Gasteiger partial charge on any atom is 0.106 e. The molecule has 126 valence electrons. The van der Waals surface area contributed by atoms with Gasteiger partial charge in [0, 0.05) is 23.7 Å². The van der Waals surface area contributed by atoms with Crippen molar-refractivity contribution in [2.24, 2.45) is 0 Å². The molecule has 0 aliphatic carbocycles. The molecule has 0 aromatic rings. The first-order chi connectivity index (χ1) is 9.52. The number of rotatable bonds is 7. The number of hydrogen-bond donors (Lipinski definition) is 4. The second kappa shape index (κ2) is 7.38. The highest BCUT2D eigenvalue weighted by Gasteiger charge is 2.37. The van der Waals surface area contributed by atoms with Crippen molar-refractivity contribution in [3.05, 3.63) is 0 Å². The Kier molecular flexibility index (Phi) is 6.62. The van der Waals surface area contributed by atoms with E-state index in [-0.39, 0.29) is 11.1 Å². The van der Waals surface area contributed by atoms with Crippen molar-refractivity contribution < 1.29 is 10.2 Å². The first-order valence-electron chi connectivity index (χ1n) is 8.17. The fraction of sp³-hybridized carbons (Fsp3) is 1.00. The van der Waals surface area contributed by atoms with Crippen LogP contribution < -0.4 is 10.6 Å². The van der Waals surface area contributed by atoms with Crippen LogP contribution in [0.1, 0.15) is 60.8 Å². The van der Waals surface area contributed by atoms with Crippen LogP contribution >= 0.6 is 0 Å². The Hall–Kier alpha value is -0.200. The molecule has 0 bridgehead atoms. The average molecular weight is 301 g/mol. The number of nitrogens with one attached hydrogen (secondary N) is 2. The van der Waals surface area contributed by atoms with Crippen LogP contribution in [0.15, 0.2) is 0 Å². The predicted octanol–water partition coefficient (Wildman–Crippen LogP) is 1.25. The van der Waals surface area contributed by atoms with Gasteiger partial charge >= 0.3 is 0 Å². The van der Waals surface area contributed by atoms with E-state index in [2.05, 4.69) is 38.3 Å². The van der Waals surface area contributed by atoms with Gasteiger partial charge in [-0.25, -0.2) is 0 Å². The smallest absolute Gasteiger partial charge is 0.106 e. The van der Waals surface area contributed by atoms with Crippen LogP contribution in [0.25, 0.3) is 0 Å². The van der Waals surface area contributed by atoms with Crippen molar-refractivity contribution in [1.29, 1.82) is 0 Å². The molecule has 1 aliphatic rings. The summed E-state index contributed by atoms with van der Waals surface area (Å²) in [6.45, 7) is 14.0. The van der Waals surface area contributed by atoms with E-state index in [0.717, 1.165) is 25.8 Å². The van der Waals surface area contributed by atoms with Crippen LogP contribution in [0.3, 0.4) is 0 Å². The fourth-order valence-corrected chi connectivity index (χ4v) is 3.72. The zero-order valence-electron chi connectivity index (χ0n) is 14.6. The lowest BCUT2D eigenvalue weighted by molar-refractivity contribution is -0.0842. The van der Waals surface area contributed by atoms with E-state index < -0.39 is 12.5 Å². The molecule has 0 aromatic heterocycles. The molecular weight excluding hydrogens is 266 g/mol. The summed E-state index contributed by atoms with van der Waals surface area (Å²) in [5.74, 6) is 0. The average Bonchev–Trinajstić information content (AvgIpc) is 2.22. The van der Waals surface area contributed by atoms with Crippen molar-refractivity contribution in [3.8, 4) is 0 Å². The van der Waals surface area contributed by atoms with Gasteiger partial charge in [0.1, 0.15) is 12.5 Å². The van der Waals surface area contributed by atoms with Crippen molar-refractivity contribution in [2.75, 3.05) is 13.1 Å². The van der Waals surface area contributed by atoms with E-state index in [9.17, 15) is 10.2 Å². The minimum absolute atomic E-state index is 0.157. The lowest BCUT2D eigenvalue weighted by Crippen LogP contribution is -2.61. The van der Waals surface area contributed by atoms with Gasteiger partial charge in [-0.1, -0.05) is 0 Å². The van der Waals surface area contributed by atoms with Crippen LogP contribution in [0, 0.1) is 0 Å². The van der Waals surface area contributed by atoms with Gasteiger partial charge in [0.2, 0.25) is 0 Å². The molecule has 0 amide bonds. The van der Waals surface area contributed by atoms with E-state index in [0.29, 0.717) is 12.6 Å². The minimum atomic E-state index is -0.609. The van der Waals surface area contributed by atoms with Gasteiger partial charge in [-0.15, -0.1) is 0 Å². The van der Waals surface area contributed by atoms with Crippen LogP contribution in [0.4, 0.5) is 0 Å². The Bertz CT molecular complexity index is 293. The van der Waals surface area contributed by atoms with E-state index in [1.165, 1.54) is 0 Å². The lowest BCUT2D eigenvalue weighted by Gasteiger charge is -2.46. The molecule has 5 nitrogen and oxygen atoms in total. The molecule has 2 unspecified atom stereocenters. The first kappa shape index (κ1) is 18.8. The molecule has 1 fully saturated rings. The van der Waals surface area contributed by atoms with Gasteiger partial charge in [0.15, 0.2) is 0 Å². The summed E-state index contributed by atoms with van der Waals surface area (Å²) in [7, 11) is 0. The molecule has 1 saturated heterocycles. The normalized spacial score (nSPS) is 25.0. The van der Waals surface area contributed by atoms with Gasteiger partial charge in [0.25, 0.3) is 0 Å². The molecule has 0 aromatic carbocycles. The van der Waals surface area contributed by atoms with Crippen LogP contribution in [-0.4, -0.2) is 57.8 Å². The molecule has 4 N–H and O–H groups in total. The third-order valence-corrected chi connectivity index (χ3v) is 4.18. The highest BCUT2D eigenvalue weighted by atomic mass is 16.3. The second-order valence-corrected chi connectivity index (χ2v) is 7.81.